The van der Waals surface area contributed by atoms with Gasteiger partial charge in [-0.3, -0.25) is 4.79 Å². The van der Waals surface area contributed by atoms with Gasteiger partial charge >= 0.3 is 5.97 Å². The van der Waals surface area contributed by atoms with E-state index in [4.69, 9.17) is 0 Å². The minimum absolute atomic E-state index is 0.0000926. The number of carbonyl (C=O) groups is 2. The third kappa shape index (κ3) is 2.21. The summed E-state index contributed by atoms with van der Waals surface area (Å²) in [6, 6.07) is 0. The zero-order valence-corrected chi connectivity index (χ0v) is 9.23. The summed E-state index contributed by atoms with van der Waals surface area (Å²) in [6.07, 6.45) is 0.175. The molecular weight excluding hydrogens is 210 g/mol. The van der Waals surface area contributed by atoms with Crippen LogP contribution in [0.4, 0.5) is 0 Å². The Bertz CT molecular complexity index is 334. The number of carbonyl (C=O) groups excluding carboxylic acids is 2. The van der Waals surface area contributed by atoms with E-state index in [0.29, 0.717) is 18.8 Å². The fourth-order valence-electron chi connectivity index (χ4n) is 1.86. The Morgan fingerprint density at radius 2 is 2.25 bits per heavy atom. The highest BCUT2D eigenvalue weighted by molar-refractivity contribution is 6.06. The molecular formula is C10H15N3O3. The van der Waals surface area contributed by atoms with Crippen molar-refractivity contribution in [1.29, 1.82) is 0 Å². The molecule has 1 unspecified atom stereocenters. The molecule has 0 saturated carbocycles. The van der Waals surface area contributed by atoms with Gasteiger partial charge in [-0.15, -0.1) is 0 Å². The summed E-state index contributed by atoms with van der Waals surface area (Å²) in [5.74, 6) is -0.900. The van der Waals surface area contributed by atoms with E-state index in [9.17, 15) is 9.59 Å². The van der Waals surface area contributed by atoms with Gasteiger partial charge in [0.25, 0.3) is 0 Å². The van der Waals surface area contributed by atoms with Gasteiger partial charge in [0.2, 0.25) is 5.91 Å². The van der Waals surface area contributed by atoms with Crippen LogP contribution in [0.1, 0.15) is 13.3 Å². The van der Waals surface area contributed by atoms with Gasteiger partial charge in [0.05, 0.1) is 5.71 Å². The van der Waals surface area contributed by atoms with Crippen molar-refractivity contribution in [3.63, 3.8) is 0 Å². The molecule has 1 N–H and O–H groups in total. The molecule has 6 nitrogen and oxygen atoms in total. The Kier molecular flexibility index (Phi) is 3.19. The number of rotatable bonds is 2. The number of oxime groups is 1. The molecule has 2 rings (SSSR count). The smallest absolute Gasteiger partial charge is 0.340 e. The number of amides is 1. The Balaban J connectivity index is 1.91. The summed E-state index contributed by atoms with van der Waals surface area (Å²) in [6.45, 7) is 4.75. The Morgan fingerprint density at radius 1 is 1.56 bits per heavy atom. The summed E-state index contributed by atoms with van der Waals surface area (Å²) in [7, 11) is 0. The minimum Gasteiger partial charge on any atom is -0.340 e. The third-order valence-corrected chi connectivity index (χ3v) is 2.92. The summed E-state index contributed by atoms with van der Waals surface area (Å²) >= 11 is 0. The second-order valence-electron chi connectivity index (χ2n) is 4.03. The maximum atomic E-state index is 11.9. The molecule has 2 aliphatic rings. The van der Waals surface area contributed by atoms with Crippen molar-refractivity contribution < 1.29 is 14.4 Å². The standard InChI is InChI=1S/C10H15N3O3/c1-7-8(10(15)16-12-7)6-9(14)13-4-2-11-3-5-13/h8,11H,2-6H2,1H3. The molecule has 2 aliphatic heterocycles. The predicted octanol–water partition coefficient (Wildman–Crippen LogP) is -0.643. The van der Waals surface area contributed by atoms with E-state index in [1.54, 1.807) is 11.8 Å². The van der Waals surface area contributed by atoms with Gasteiger partial charge in [0.15, 0.2) is 0 Å². The molecule has 6 heteroatoms. The zero-order valence-electron chi connectivity index (χ0n) is 9.23. The first-order valence-corrected chi connectivity index (χ1v) is 5.42. The molecule has 0 bridgehead atoms. The molecule has 1 amide bonds. The van der Waals surface area contributed by atoms with E-state index in [2.05, 4.69) is 15.3 Å². The van der Waals surface area contributed by atoms with Gasteiger partial charge in [0, 0.05) is 32.6 Å². The normalized spacial score (nSPS) is 25.3. The lowest BCUT2D eigenvalue weighted by Crippen LogP contribution is -2.47. The monoisotopic (exact) mass is 225 g/mol. The number of piperazine rings is 1. The van der Waals surface area contributed by atoms with Crippen molar-refractivity contribution in [2.75, 3.05) is 26.2 Å². The molecule has 16 heavy (non-hydrogen) atoms. The molecule has 0 aliphatic carbocycles. The van der Waals surface area contributed by atoms with Crippen molar-refractivity contribution in [2.24, 2.45) is 11.1 Å². The average Bonchev–Trinajstić information content (AvgIpc) is 2.62. The van der Waals surface area contributed by atoms with Crippen LogP contribution < -0.4 is 5.32 Å². The average molecular weight is 225 g/mol. The van der Waals surface area contributed by atoms with Gasteiger partial charge < -0.3 is 15.1 Å². The topological polar surface area (TPSA) is 71.0 Å². The van der Waals surface area contributed by atoms with Crippen LogP contribution in [0.2, 0.25) is 0 Å². The van der Waals surface area contributed by atoms with Crippen molar-refractivity contribution in [3.8, 4) is 0 Å². The summed E-state index contributed by atoms with van der Waals surface area (Å²) in [5.41, 5.74) is 0.591. The number of hydrogen-bond donors (Lipinski definition) is 1. The van der Waals surface area contributed by atoms with Crippen LogP contribution in [-0.4, -0.2) is 48.7 Å². The van der Waals surface area contributed by atoms with Gasteiger partial charge in [0.1, 0.15) is 5.92 Å². The zero-order chi connectivity index (χ0) is 11.5. The first kappa shape index (κ1) is 11.1. The van der Waals surface area contributed by atoms with Crippen LogP contribution in [0.5, 0.6) is 0 Å². The maximum absolute atomic E-state index is 11.9. The maximum Gasteiger partial charge on any atom is 0.344 e. The molecule has 0 aromatic carbocycles. The van der Waals surface area contributed by atoms with E-state index in [1.807, 2.05) is 0 Å². The van der Waals surface area contributed by atoms with Crippen LogP contribution in [-0.2, 0) is 14.4 Å². The lowest BCUT2D eigenvalue weighted by molar-refractivity contribution is -0.146. The van der Waals surface area contributed by atoms with Gasteiger partial charge in [-0.05, 0) is 6.92 Å². The molecule has 0 aromatic rings. The van der Waals surface area contributed by atoms with Crippen molar-refractivity contribution in [2.45, 2.75) is 13.3 Å². The third-order valence-electron chi connectivity index (χ3n) is 2.92. The lowest BCUT2D eigenvalue weighted by Gasteiger charge is -2.27. The number of hydrogen-bond acceptors (Lipinski definition) is 5. The van der Waals surface area contributed by atoms with E-state index in [1.165, 1.54) is 0 Å². The molecule has 2 heterocycles. The molecule has 88 valence electrons. The van der Waals surface area contributed by atoms with Gasteiger partial charge in [-0.2, -0.15) is 0 Å². The fraction of sp³-hybridized carbons (Fsp3) is 0.700. The molecule has 0 spiro atoms. The Morgan fingerprint density at radius 3 is 2.81 bits per heavy atom. The second kappa shape index (κ2) is 4.61. The fourth-order valence-corrected chi connectivity index (χ4v) is 1.86. The van der Waals surface area contributed by atoms with E-state index in [0.717, 1.165) is 13.1 Å². The summed E-state index contributed by atoms with van der Waals surface area (Å²) < 4.78 is 0. The highest BCUT2D eigenvalue weighted by atomic mass is 16.7. The molecule has 0 radical (unpaired) electrons. The van der Waals surface area contributed by atoms with Crippen LogP contribution in [0, 0.1) is 5.92 Å². The van der Waals surface area contributed by atoms with Gasteiger partial charge in [-0.25, -0.2) is 4.79 Å². The first-order chi connectivity index (χ1) is 7.68. The molecule has 1 saturated heterocycles. The Labute approximate surface area is 93.6 Å². The van der Waals surface area contributed by atoms with Gasteiger partial charge in [-0.1, -0.05) is 5.16 Å². The minimum atomic E-state index is -0.484. The largest absolute Gasteiger partial charge is 0.344 e. The molecule has 1 atom stereocenters. The quantitative estimate of drug-likeness (QED) is 0.634. The lowest BCUT2D eigenvalue weighted by atomic mass is 10.0. The predicted molar refractivity (Wildman–Crippen MR) is 56.8 cm³/mol. The highest BCUT2D eigenvalue weighted by Crippen LogP contribution is 2.17. The van der Waals surface area contributed by atoms with Crippen LogP contribution >= 0.6 is 0 Å². The number of nitrogens with zero attached hydrogens (tertiary/aromatic N) is 2. The van der Waals surface area contributed by atoms with Crippen LogP contribution in [0.15, 0.2) is 5.16 Å². The summed E-state index contributed by atoms with van der Waals surface area (Å²) in [4.78, 5) is 29.5. The second-order valence-corrected chi connectivity index (χ2v) is 4.03. The summed E-state index contributed by atoms with van der Waals surface area (Å²) in [5, 5.41) is 6.75. The Hall–Kier alpha value is -1.43. The van der Waals surface area contributed by atoms with Crippen molar-refractivity contribution >= 4 is 17.6 Å². The van der Waals surface area contributed by atoms with Crippen LogP contribution in [0.25, 0.3) is 0 Å². The van der Waals surface area contributed by atoms with E-state index < -0.39 is 11.9 Å². The van der Waals surface area contributed by atoms with E-state index in [-0.39, 0.29) is 12.3 Å². The number of nitrogens with one attached hydrogen (secondary N) is 1. The van der Waals surface area contributed by atoms with Crippen molar-refractivity contribution in [3.05, 3.63) is 0 Å². The van der Waals surface area contributed by atoms with E-state index >= 15 is 0 Å². The SMILES string of the molecule is CC1=NOC(=O)C1CC(=O)N1CCNCC1. The molecule has 0 aromatic heterocycles. The molecule has 1 fully saturated rings. The van der Waals surface area contributed by atoms with Crippen LogP contribution in [0.3, 0.4) is 0 Å². The highest BCUT2D eigenvalue weighted by Gasteiger charge is 2.33. The first-order valence-electron chi connectivity index (χ1n) is 5.42. The van der Waals surface area contributed by atoms with Crippen molar-refractivity contribution in [1.82, 2.24) is 10.2 Å².